The van der Waals surface area contributed by atoms with E-state index in [-0.39, 0.29) is 23.8 Å². The number of hydrogen-bond donors (Lipinski definition) is 1. The van der Waals surface area contributed by atoms with Gasteiger partial charge in [-0.05, 0) is 60.5 Å². The smallest absolute Gasteiger partial charge is 0.449 e. The molecule has 4 heterocycles. The fourth-order valence-corrected chi connectivity index (χ4v) is 4.65. The molecule has 0 fully saturated rings. The first-order valence-corrected chi connectivity index (χ1v) is 12.5. The number of carbonyl (C=O) groups is 1. The number of halogens is 3. The first-order valence-electron chi connectivity index (χ1n) is 12.5. The average Bonchev–Trinajstić information content (AvgIpc) is 3.67. The molecule has 0 saturated heterocycles. The Bertz CT molecular complexity index is 1820. The molecule has 0 saturated carbocycles. The molecule has 0 aliphatic carbocycles. The summed E-state index contributed by atoms with van der Waals surface area (Å²) in [6.07, 6.45) is -0.486. The van der Waals surface area contributed by atoms with Crippen LogP contribution < -0.4 is 0 Å². The highest BCUT2D eigenvalue weighted by molar-refractivity contribution is 5.96. The number of fused-ring (bicyclic) bond motifs is 1. The number of para-hydroxylation sites is 1. The highest BCUT2D eigenvalue weighted by Crippen LogP contribution is 2.36. The first kappa shape index (κ1) is 25.4. The largest absolute Gasteiger partial charge is 0.507 e. The van der Waals surface area contributed by atoms with Crippen molar-refractivity contribution in [2.75, 3.05) is 0 Å². The predicted octanol–water partition coefficient (Wildman–Crippen LogP) is 6.36. The summed E-state index contributed by atoms with van der Waals surface area (Å²) in [6.45, 7) is 2.26. The molecule has 202 valence electrons. The molecule has 0 unspecified atom stereocenters. The van der Waals surface area contributed by atoms with E-state index in [1.807, 2.05) is 23.6 Å². The molecule has 6 rings (SSSR count). The van der Waals surface area contributed by atoms with Crippen molar-refractivity contribution in [1.82, 2.24) is 19.3 Å². The fraction of sp³-hybridized carbons (Fsp3) is 0.172. The van der Waals surface area contributed by atoms with Gasteiger partial charge in [-0.2, -0.15) is 18.3 Å². The van der Waals surface area contributed by atoms with Crippen molar-refractivity contribution in [3.63, 3.8) is 0 Å². The molecule has 0 spiro atoms. The predicted molar refractivity (Wildman–Crippen MR) is 142 cm³/mol. The maximum atomic E-state index is 13.2. The number of furan rings is 1. The molecule has 1 aliphatic rings. The van der Waals surface area contributed by atoms with E-state index < -0.39 is 11.9 Å². The molecule has 1 amide bonds. The lowest BCUT2D eigenvalue weighted by Gasteiger charge is -2.12. The monoisotopic (exact) mass is 545 g/mol. The summed E-state index contributed by atoms with van der Waals surface area (Å²) >= 11 is 0. The Labute approximate surface area is 225 Å². The fourth-order valence-electron chi connectivity index (χ4n) is 4.65. The van der Waals surface area contributed by atoms with Gasteiger partial charge in [-0.25, -0.2) is 14.7 Å². The molecular weight excluding hydrogens is 523 g/mol. The third-order valence-electron chi connectivity index (χ3n) is 6.64. The second kappa shape index (κ2) is 9.67. The zero-order valence-electron chi connectivity index (χ0n) is 21.2. The number of hydrogen-bond acceptors (Lipinski definition) is 5. The van der Waals surface area contributed by atoms with Gasteiger partial charge in [-0.1, -0.05) is 25.1 Å². The zero-order valence-corrected chi connectivity index (χ0v) is 21.2. The summed E-state index contributed by atoms with van der Waals surface area (Å²) in [7, 11) is 0. The summed E-state index contributed by atoms with van der Waals surface area (Å²) in [5.74, 6) is -0.700. The summed E-state index contributed by atoms with van der Waals surface area (Å²) in [4.78, 5) is 20.3. The number of aromatic hydroxyl groups is 1. The van der Waals surface area contributed by atoms with E-state index >= 15 is 0 Å². The molecule has 5 aromatic rings. The van der Waals surface area contributed by atoms with Gasteiger partial charge in [0.25, 0.3) is 0 Å². The van der Waals surface area contributed by atoms with Gasteiger partial charge in [0.2, 0.25) is 11.7 Å². The van der Waals surface area contributed by atoms with Crippen LogP contribution in [0.4, 0.5) is 13.2 Å². The van der Waals surface area contributed by atoms with Crippen LogP contribution in [0.1, 0.15) is 24.8 Å². The number of alkyl halides is 3. The van der Waals surface area contributed by atoms with E-state index in [1.165, 1.54) is 17.0 Å². The zero-order chi connectivity index (χ0) is 28.0. The molecule has 3 aromatic heterocycles. The Morgan fingerprint density at radius 3 is 2.60 bits per heavy atom. The lowest BCUT2D eigenvalue weighted by molar-refractivity contribution is -0.152. The van der Waals surface area contributed by atoms with Crippen molar-refractivity contribution < 1.29 is 27.5 Å². The van der Waals surface area contributed by atoms with Crippen LogP contribution in [-0.4, -0.2) is 36.6 Å². The van der Waals surface area contributed by atoms with Crippen molar-refractivity contribution in [2.24, 2.45) is 4.99 Å². The third kappa shape index (κ3) is 4.59. The van der Waals surface area contributed by atoms with Crippen molar-refractivity contribution in [3.05, 3.63) is 83.8 Å². The number of dihydropyridines is 1. The molecule has 0 bridgehead atoms. The highest BCUT2D eigenvalue weighted by Gasteiger charge is 2.35. The molecule has 11 heteroatoms. The summed E-state index contributed by atoms with van der Waals surface area (Å²) in [6, 6.07) is 16.2. The van der Waals surface area contributed by atoms with E-state index in [0.717, 1.165) is 17.2 Å². The van der Waals surface area contributed by atoms with Gasteiger partial charge in [-0.15, -0.1) is 0 Å². The Morgan fingerprint density at radius 2 is 1.90 bits per heavy atom. The van der Waals surface area contributed by atoms with E-state index in [2.05, 4.69) is 10.1 Å². The number of allylic oxidation sites excluding steroid dienone is 1. The third-order valence-corrected chi connectivity index (χ3v) is 6.64. The quantitative estimate of drug-likeness (QED) is 0.268. The van der Waals surface area contributed by atoms with Crippen molar-refractivity contribution in [3.8, 4) is 34.3 Å². The number of carbonyl (C=O) groups excluding carboxylic acids is 1. The van der Waals surface area contributed by atoms with Crippen LogP contribution in [0.3, 0.4) is 0 Å². The molecule has 0 radical (unpaired) electrons. The Kier molecular flexibility index (Phi) is 6.13. The number of rotatable bonds is 6. The van der Waals surface area contributed by atoms with Crippen molar-refractivity contribution in [1.29, 1.82) is 0 Å². The number of aliphatic imine (C=N–C) groups is 1. The van der Waals surface area contributed by atoms with Crippen LogP contribution in [0.15, 0.2) is 81.7 Å². The first-order chi connectivity index (χ1) is 19.2. The maximum Gasteiger partial charge on any atom is 0.449 e. The molecule has 40 heavy (non-hydrogen) atoms. The van der Waals surface area contributed by atoms with E-state index in [0.29, 0.717) is 46.9 Å². The minimum absolute atomic E-state index is 0.0399. The SMILES string of the molecule is CCc1cc(-c2ccc(C(F)(F)F)o2)n(-c2ccc3c(c2)nc(-c2ccccc2O)n3CC2=CCC(=O)N=C2)n1. The molecule has 1 aliphatic heterocycles. The average molecular weight is 546 g/mol. The Hall–Kier alpha value is -4.93. The second-order valence-corrected chi connectivity index (χ2v) is 9.29. The molecule has 1 N–H and O–H groups in total. The standard InChI is InChI=1S/C29H22F3N5O3/c1-2-18-13-23(25-10-11-26(40-25)29(30,31)32)37(35-18)19-8-9-22-21(14-19)34-28(20-5-3-4-6-24(20)38)36(22)16-17-7-12-27(39)33-15-17/h3-11,13-15,38H,2,12,16H2,1H3. The second-order valence-electron chi connectivity index (χ2n) is 9.29. The van der Waals surface area contributed by atoms with Crippen LogP contribution in [0.2, 0.25) is 0 Å². The van der Waals surface area contributed by atoms with Gasteiger partial charge in [0.05, 0.1) is 34.5 Å². The molecule has 2 aromatic carbocycles. The highest BCUT2D eigenvalue weighted by atomic mass is 19.4. The minimum Gasteiger partial charge on any atom is -0.507 e. The normalized spacial score (nSPS) is 13.8. The summed E-state index contributed by atoms with van der Waals surface area (Å²) < 4.78 is 48.2. The van der Waals surface area contributed by atoms with Crippen molar-refractivity contribution >= 4 is 23.2 Å². The number of phenolic OH excluding ortho intramolecular Hbond substituents is 1. The van der Waals surface area contributed by atoms with Gasteiger partial charge in [0.1, 0.15) is 17.3 Å². The number of aryl methyl sites for hydroxylation is 1. The molecule has 8 nitrogen and oxygen atoms in total. The number of amides is 1. The van der Waals surface area contributed by atoms with Gasteiger partial charge >= 0.3 is 6.18 Å². The van der Waals surface area contributed by atoms with E-state index in [9.17, 15) is 23.1 Å². The molecule has 0 atom stereocenters. The van der Waals surface area contributed by atoms with Crippen LogP contribution >= 0.6 is 0 Å². The van der Waals surface area contributed by atoms with Gasteiger partial charge in [0.15, 0.2) is 5.76 Å². The van der Waals surface area contributed by atoms with Crippen LogP contribution in [0.25, 0.3) is 39.6 Å². The summed E-state index contributed by atoms with van der Waals surface area (Å²) in [5.41, 5.74) is 4.29. The Morgan fingerprint density at radius 1 is 1.07 bits per heavy atom. The number of aromatic nitrogens is 4. The van der Waals surface area contributed by atoms with Crippen molar-refractivity contribution in [2.45, 2.75) is 32.5 Å². The van der Waals surface area contributed by atoms with Gasteiger partial charge in [0, 0.05) is 12.6 Å². The van der Waals surface area contributed by atoms with Gasteiger partial charge in [-0.3, -0.25) is 4.79 Å². The minimum atomic E-state index is -4.60. The molecular formula is C29H22F3N5O3. The van der Waals surface area contributed by atoms with Gasteiger partial charge < -0.3 is 14.1 Å². The summed E-state index contributed by atoms with van der Waals surface area (Å²) in [5, 5.41) is 15.2. The number of nitrogens with zero attached hydrogens (tertiary/aromatic N) is 5. The number of imidazole rings is 1. The van der Waals surface area contributed by atoms with Crippen LogP contribution in [0.5, 0.6) is 5.75 Å². The van der Waals surface area contributed by atoms with Crippen LogP contribution in [-0.2, 0) is 23.9 Å². The number of benzene rings is 2. The maximum absolute atomic E-state index is 13.2. The lowest BCUT2D eigenvalue weighted by Crippen LogP contribution is -2.09. The van der Waals surface area contributed by atoms with Crippen LogP contribution in [0, 0.1) is 0 Å². The van der Waals surface area contributed by atoms with E-state index in [4.69, 9.17) is 9.40 Å². The van der Waals surface area contributed by atoms with E-state index in [1.54, 1.807) is 42.5 Å². The topological polar surface area (TPSA) is 98.4 Å². The Balaban J connectivity index is 1.48. The number of phenols is 1. The lowest BCUT2D eigenvalue weighted by atomic mass is 10.1.